The van der Waals surface area contributed by atoms with Gasteiger partial charge in [-0.3, -0.25) is 0 Å². The Labute approximate surface area is 99.5 Å². The largest absolute Gasteiger partial charge is 0.0910 e. The summed E-state index contributed by atoms with van der Waals surface area (Å²) < 4.78 is 0. The average Bonchev–Trinajstić information content (AvgIpc) is 2.29. The maximum Gasteiger partial charge on any atom is -0.0184 e. The number of hydrogen-bond acceptors (Lipinski definition) is 0. The Hall–Kier alpha value is -0.700. The molecule has 1 heterocycles. The summed E-state index contributed by atoms with van der Waals surface area (Å²) in [5.74, 6) is 0. The Balaban J connectivity index is 1.87. The molecular weight excluding hydrogens is 230 g/mol. The van der Waals surface area contributed by atoms with Gasteiger partial charge in [-0.05, 0) is 28.8 Å². The van der Waals surface area contributed by atoms with Crippen molar-refractivity contribution < 1.29 is 0 Å². The Morgan fingerprint density at radius 3 is 2.00 bits per heavy atom. The van der Waals surface area contributed by atoms with Gasteiger partial charge in [0.1, 0.15) is 0 Å². The fourth-order valence-corrected chi connectivity index (χ4v) is 5.64. The van der Waals surface area contributed by atoms with Crippen LogP contribution in [0.15, 0.2) is 54.6 Å². The van der Waals surface area contributed by atoms with E-state index in [2.05, 4.69) is 54.6 Å². The number of hydrogen-bond donors (Lipinski definition) is 0. The van der Waals surface area contributed by atoms with Crippen molar-refractivity contribution in [2.24, 2.45) is 0 Å². The van der Waals surface area contributed by atoms with E-state index in [0.29, 0.717) is 0 Å². The van der Waals surface area contributed by atoms with E-state index in [4.69, 9.17) is 0 Å². The molecule has 16 heavy (non-hydrogen) atoms. The van der Waals surface area contributed by atoms with Crippen molar-refractivity contribution in [3.63, 3.8) is 0 Å². The molecule has 3 rings (SSSR count). The highest BCUT2D eigenvalue weighted by atomic mass is 32.1. The highest BCUT2D eigenvalue weighted by Gasteiger charge is 2.18. The van der Waals surface area contributed by atoms with Crippen molar-refractivity contribution in [3.8, 4) is 11.1 Å². The van der Waals surface area contributed by atoms with Crippen LogP contribution in [0.2, 0.25) is 0 Å². The molecule has 2 aromatic rings. The molecule has 1 aliphatic rings. The van der Waals surface area contributed by atoms with Gasteiger partial charge in [-0.2, -0.15) is 0 Å². The van der Waals surface area contributed by atoms with Gasteiger partial charge < -0.3 is 0 Å². The monoisotopic (exact) mass is 244 g/mol. The zero-order chi connectivity index (χ0) is 10.8. The van der Waals surface area contributed by atoms with Gasteiger partial charge in [0.2, 0.25) is 0 Å². The lowest BCUT2D eigenvalue weighted by Gasteiger charge is -2.26. The van der Waals surface area contributed by atoms with Gasteiger partial charge in [-0.15, -0.1) is 0 Å². The minimum atomic E-state index is 0.254. The maximum absolute atomic E-state index is 2.33. The summed E-state index contributed by atoms with van der Waals surface area (Å²) in [6.45, 7) is 0. The molecule has 0 saturated carbocycles. The molecule has 0 aliphatic carbocycles. The summed E-state index contributed by atoms with van der Waals surface area (Å²) in [6, 6.07) is 19.8. The van der Waals surface area contributed by atoms with Gasteiger partial charge in [0.05, 0.1) is 0 Å². The fourth-order valence-electron chi connectivity index (χ4n) is 1.91. The van der Waals surface area contributed by atoms with E-state index >= 15 is 0 Å². The smallest absolute Gasteiger partial charge is 0.0184 e. The SMILES string of the molecule is c1ccc(-c2ccc(P3CCP3)cc2)cc1. The van der Waals surface area contributed by atoms with Gasteiger partial charge in [0, 0.05) is 0 Å². The van der Waals surface area contributed by atoms with Crippen LogP contribution in [0.1, 0.15) is 0 Å². The molecule has 0 nitrogen and oxygen atoms in total. The maximum atomic E-state index is 2.33. The first-order chi connectivity index (χ1) is 7.93. The first kappa shape index (κ1) is 10.5. The third-order valence-electron chi connectivity index (χ3n) is 2.92. The normalized spacial score (nSPS) is 20.6. The van der Waals surface area contributed by atoms with Crippen LogP contribution < -0.4 is 5.30 Å². The van der Waals surface area contributed by atoms with Crippen LogP contribution in [0, 0.1) is 0 Å². The van der Waals surface area contributed by atoms with Gasteiger partial charge in [-0.25, -0.2) is 0 Å². The third kappa shape index (κ3) is 2.05. The molecule has 0 N–H and O–H groups in total. The van der Waals surface area contributed by atoms with Crippen molar-refractivity contribution in [2.75, 3.05) is 12.3 Å². The third-order valence-corrected chi connectivity index (χ3v) is 9.05. The molecule has 0 amide bonds. The Kier molecular flexibility index (Phi) is 3.04. The minimum Gasteiger partial charge on any atom is -0.0910 e. The van der Waals surface area contributed by atoms with Crippen LogP contribution in [0.25, 0.3) is 11.1 Å². The number of benzene rings is 2. The summed E-state index contributed by atoms with van der Waals surface area (Å²) in [5.41, 5.74) is 2.65. The van der Waals surface area contributed by atoms with E-state index < -0.39 is 0 Å². The van der Waals surface area contributed by atoms with Crippen LogP contribution in [-0.4, -0.2) is 12.3 Å². The summed E-state index contributed by atoms with van der Waals surface area (Å²) >= 11 is 0. The predicted octanol–water partition coefficient (Wildman–Crippen LogP) is 4.07. The molecular formula is C14H14P2. The van der Waals surface area contributed by atoms with Crippen LogP contribution in [-0.2, 0) is 0 Å². The zero-order valence-corrected chi connectivity index (χ0v) is 11.0. The Bertz CT molecular complexity index is 458. The predicted molar refractivity (Wildman–Crippen MR) is 76.5 cm³/mol. The molecule has 1 saturated heterocycles. The lowest BCUT2D eigenvalue weighted by Crippen LogP contribution is -2.07. The summed E-state index contributed by atoms with van der Waals surface area (Å²) in [4.78, 5) is 0. The molecule has 2 aromatic carbocycles. The molecule has 2 heteroatoms. The lowest BCUT2D eigenvalue weighted by molar-refractivity contribution is 1.51. The highest BCUT2D eigenvalue weighted by molar-refractivity contribution is 8.28. The first-order valence-corrected chi connectivity index (χ1v) is 9.17. The van der Waals surface area contributed by atoms with E-state index in [1.165, 1.54) is 31.7 Å². The molecule has 0 aromatic heterocycles. The Morgan fingerprint density at radius 1 is 0.812 bits per heavy atom. The second kappa shape index (κ2) is 4.66. The standard InChI is InChI=1S/C14H14P2/c1-2-4-12(5-3-1)13-6-8-14(9-7-13)16-11-10-15-16/h1-9,15H,10-11H2. The molecule has 1 aliphatic heterocycles. The van der Waals surface area contributed by atoms with E-state index in [9.17, 15) is 0 Å². The zero-order valence-electron chi connectivity index (χ0n) is 9.06. The minimum absolute atomic E-state index is 0.254. The van der Waals surface area contributed by atoms with Crippen molar-refractivity contribution in [2.45, 2.75) is 0 Å². The van der Waals surface area contributed by atoms with E-state index in [0.717, 1.165) is 0 Å². The molecule has 2 unspecified atom stereocenters. The van der Waals surface area contributed by atoms with Crippen molar-refractivity contribution >= 4 is 21.2 Å². The molecule has 0 bridgehead atoms. The Morgan fingerprint density at radius 2 is 1.44 bits per heavy atom. The molecule has 0 spiro atoms. The van der Waals surface area contributed by atoms with Crippen molar-refractivity contribution in [3.05, 3.63) is 54.6 Å². The molecule has 2 atom stereocenters. The van der Waals surface area contributed by atoms with Gasteiger partial charge in [0.15, 0.2) is 0 Å². The molecule has 1 fully saturated rings. The van der Waals surface area contributed by atoms with Gasteiger partial charge in [-0.1, -0.05) is 70.5 Å². The van der Waals surface area contributed by atoms with Crippen LogP contribution in [0.4, 0.5) is 0 Å². The van der Waals surface area contributed by atoms with Gasteiger partial charge >= 0.3 is 0 Å². The second-order valence-electron chi connectivity index (χ2n) is 3.97. The average molecular weight is 244 g/mol. The summed E-state index contributed by atoms with van der Waals surface area (Å²) in [7, 11) is 1.47. The molecule has 0 radical (unpaired) electrons. The van der Waals surface area contributed by atoms with Gasteiger partial charge in [0.25, 0.3) is 0 Å². The fraction of sp³-hybridized carbons (Fsp3) is 0.143. The van der Waals surface area contributed by atoms with Crippen LogP contribution in [0.5, 0.6) is 0 Å². The van der Waals surface area contributed by atoms with Crippen molar-refractivity contribution in [1.82, 2.24) is 0 Å². The van der Waals surface area contributed by atoms with Crippen LogP contribution in [0.3, 0.4) is 0 Å². The van der Waals surface area contributed by atoms with E-state index in [1.54, 1.807) is 5.30 Å². The summed E-state index contributed by atoms with van der Waals surface area (Å²) in [6.07, 6.45) is 2.92. The summed E-state index contributed by atoms with van der Waals surface area (Å²) in [5, 5.41) is 1.60. The van der Waals surface area contributed by atoms with E-state index in [1.807, 2.05) is 0 Å². The van der Waals surface area contributed by atoms with Crippen LogP contribution >= 0.6 is 15.9 Å². The lowest BCUT2D eigenvalue weighted by atomic mass is 10.1. The highest BCUT2D eigenvalue weighted by Crippen LogP contribution is 2.63. The topological polar surface area (TPSA) is 0 Å². The molecule has 80 valence electrons. The number of rotatable bonds is 2. The van der Waals surface area contributed by atoms with Crippen molar-refractivity contribution in [1.29, 1.82) is 0 Å². The van der Waals surface area contributed by atoms with E-state index in [-0.39, 0.29) is 7.61 Å². The second-order valence-corrected chi connectivity index (χ2v) is 9.18. The quantitative estimate of drug-likeness (QED) is 0.698. The first-order valence-electron chi connectivity index (χ1n) is 5.60.